The molecule has 0 aromatic rings. The van der Waals surface area contributed by atoms with Crippen molar-refractivity contribution in [3.8, 4) is 0 Å². The number of rotatable bonds is 4. The van der Waals surface area contributed by atoms with Crippen molar-refractivity contribution in [2.75, 3.05) is 6.54 Å². The van der Waals surface area contributed by atoms with Crippen LogP contribution in [0.1, 0.15) is 64.7 Å². The van der Waals surface area contributed by atoms with E-state index in [4.69, 9.17) is 0 Å². The van der Waals surface area contributed by atoms with Crippen molar-refractivity contribution in [3.05, 3.63) is 0 Å². The molecule has 0 amide bonds. The topological polar surface area (TPSA) is 12.0 Å². The minimum atomic E-state index is -2.40. The fourth-order valence-corrected chi connectivity index (χ4v) is 3.56. The minimum Gasteiger partial charge on any atom is -0.314 e. The van der Waals surface area contributed by atoms with Gasteiger partial charge in [0.15, 0.2) is 0 Å². The summed E-state index contributed by atoms with van der Waals surface area (Å²) < 4.78 is 26.6. The number of halogens is 2. The van der Waals surface area contributed by atoms with Crippen LogP contribution in [0.25, 0.3) is 0 Å². The number of hydrogen-bond acceptors (Lipinski definition) is 1. The second kappa shape index (κ2) is 6.31. The summed E-state index contributed by atoms with van der Waals surface area (Å²) in [5.41, 5.74) is 0. The zero-order chi connectivity index (χ0) is 13.0. The van der Waals surface area contributed by atoms with Crippen molar-refractivity contribution in [2.45, 2.75) is 76.7 Å². The van der Waals surface area contributed by atoms with Crippen LogP contribution in [0.5, 0.6) is 0 Å². The van der Waals surface area contributed by atoms with Crippen LogP contribution in [-0.4, -0.2) is 18.5 Å². The predicted molar refractivity (Wildman–Crippen MR) is 70.9 cm³/mol. The highest BCUT2D eigenvalue weighted by atomic mass is 19.3. The lowest BCUT2D eigenvalue weighted by Gasteiger charge is -2.33. The summed E-state index contributed by atoms with van der Waals surface area (Å²) in [5.74, 6) is -1.30. The van der Waals surface area contributed by atoms with Gasteiger partial charge in [0.1, 0.15) is 0 Å². The summed E-state index contributed by atoms with van der Waals surface area (Å²) >= 11 is 0. The maximum atomic E-state index is 13.3. The van der Waals surface area contributed by atoms with Crippen molar-refractivity contribution in [2.24, 2.45) is 11.8 Å². The van der Waals surface area contributed by atoms with Crippen LogP contribution in [0, 0.1) is 11.8 Å². The van der Waals surface area contributed by atoms with E-state index < -0.39 is 5.92 Å². The van der Waals surface area contributed by atoms with Crippen LogP contribution >= 0.6 is 0 Å². The third-order valence-corrected chi connectivity index (χ3v) is 4.86. The lowest BCUT2D eigenvalue weighted by atomic mass is 9.83. The summed E-state index contributed by atoms with van der Waals surface area (Å²) in [6.07, 6.45) is 8.28. The van der Waals surface area contributed by atoms with Crippen LogP contribution in [0.15, 0.2) is 0 Å². The van der Waals surface area contributed by atoms with Crippen molar-refractivity contribution in [1.29, 1.82) is 0 Å². The second-order valence-corrected chi connectivity index (χ2v) is 6.35. The number of nitrogens with one attached hydrogen (secondary N) is 1. The predicted octanol–water partition coefficient (Wildman–Crippen LogP) is 4.37. The molecule has 106 valence electrons. The van der Waals surface area contributed by atoms with Gasteiger partial charge in [-0.1, -0.05) is 13.3 Å². The molecule has 0 spiro atoms. The fraction of sp³-hybridized carbons (Fsp3) is 1.00. The average molecular weight is 259 g/mol. The van der Waals surface area contributed by atoms with Gasteiger partial charge in [0.25, 0.3) is 0 Å². The maximum absolute atomic E-state index is 13.3. The van der Waals surface area contributed by atoms with E-state index in [2.05, 4.69) is 12.2 Å². The van der Waals surface area contributed by atoms with Gasteiger partial charge >= 0.3 is 0 Å². The standard InChI is InChI=1S/C15H27F2N/c1-2-12-5-7-14(8-6-12)18-11-13-4-3-9-15(16,17)10-13/h12-14,18H,2-11H2,1H3. The van der Waals surface area contributed by atoms with Crippen molar-refractivity contribution in [1.82, 2.24) is 5.32 Å². The Balaban J connectivity index is 1.66. The van der Waals surface area contributed by atoms with E-state index in [0.29, 0.717) is 12.5 Å². The molecule has 3 heteroatoms. The fourth-order valence-electron chi connectivity index (χ4n) is 3.56. The Labute approximate surface area is 110 Å². The van der Waals surface area contributed by atoms with E-state index in [0.717, 1.165) is 18.9 Å². The molecule has 0 heterocycles. The minimum absolute atomic E-state index is 0.101. The molecule has 2 saturated carbocycles. The summed E-state index contributed by atoms with van der Waals surface area (Å²) in [7, 11) is 0. The van der Waals surface area contributed by atoms with E-state index in [1.807, 2.05) is 0 Å². The molecule has 0 saturated heterocycles. The molecule has 2 rings (SSSR count). The Morgan fingerprint density at radius 3 is 2.39 bits per heavy atom. The zero-order valence-corrected chi connectivity index (χ0v) is 11.6. The largest absolute Gasteiger partial charge is 0.314 e. The molecule has 0 radical (unpaired) electrons. The first-order valence-electron chi connectivity index (χ1n) is 7.70. The van der Waals surface area contributed by atoms with E-state index in [1.165, 1.54) is 32.1 Å². The smallest absolute Gasteiger partial charge is 0.248 e. The molecule has 1 N–H and O–H groups in total. The average Bonchev–Trinajstić information content (AvgIpc) is 2.36. The molecule has 0 aliphatic heterocycles. The highest BCUT2D eigenvalue weighted by Crippen LogP contribution is 2.36. The highest BCUT2D eigenvalue weighted by molar-refractivity contribution is 4.82. The Hall–Kier alpha value is -0.180. The number of hydrogen-bond donors (Lipinski definition) is 1. The first-order valence-corrected chi connectivity index (χ1v) is 7.70. The quantitative estimate of drug-likeness (QED) is 0.790. The molecular formula is C15H27F2N. The maximum Gasteiger partial charge on any atom is 0.248 e. The Bertz CT molecular complexity index is 247. The Morgan fingerprint density at radius 2 is 1.78 bits per heavy atom. The lowest BCUT2D eigenvalue weighted by molar-refractivity contribution is -0.0524. The molecule has 1 nitrogen and oxygen atoms in total. The van der Waals surface area contributed by atoms with Crippen LogP contribution in [0.2, 0.25) is 0 Å². The van der Waals surface area contributed by atoms with Crippen molar-refractivity contribution >= 4 is 0 Å². The Kier molecular flexibility index (Phi) is 4.99. The monoisotopic (exact) mass is 259 g/mol. The molecule has 1 atom stereocenters. The van der Waals surface area contributed by atoms with Crippen LogP contribution in [0.3, 0.4) is 0 Å². The van der Waals surface area contributed by atoms with E-state index in [1.54, 1.807) is 0 Å². The molecule has 1 unspecified atom stereocenters. The summed E-state index contributed by atoms with van der Waals surface area (Å²) in [6.45, 7) is 3.07. The molecule has 0 bridgehead atoms. The number of alkyl halides is 2. The first kappa shape index (κ1) is 14.2. The Morgan fingerprint density at radius 1 is 1.06 bits per heavy atom. The summed E-state index contributed by atoms with van der Waals surface area (Å²) in [6, 6.07) is 0.586. The molecule has 2 aliphatic carbocycles. The van der Waals surface area contributed by atoms with E-state index >= 15 is 0 Å². The molecule has 0 aromatic carbocycles. The van der Waals surface area contributed by atoms with Gasteiger partial charge < -0.3 is 5.32 Å². The van der Waals surface area contributed by atoms with Gasteiger partial charge in [-0.25, -0.2) is 8.78 Å². The van der Waals surface area contributed by atoms with Gasteiger partial charge in [0, 0.05) is 18.9 Å². The highest BCUT2D eigenvalue weighted by Gasteiger charge is 2.36. The third kappa shape index (κ3) is 4.18. The molecule has 18 heavy (non-hydrogen) atoms. The second-order valence-electron chi connectivity index (χ2n) is 6.35. The van der Waals surface area contributed by atoms with E-state index in [-0.39, 0.29) is 18.8 Å². The van der Waals surface area contributed by atoms with Gasteiger partial charge in [0.05, 0.1) is 0 Å². The van der Waals surface area contributed by atoms with Crippen molar-refractivity contribution in [3.63, 3.8) is 0 Å². The van der Waals surface area contributed by atoms with Crippen molar-refractivity contribution < 1.29 is 8.78 Å². The van der Waals surface area contributed by atoms with Gasteiger partial charge in [-0.15, -0.1) is 0 Å². The summed E-state index contributed by atoms with van der Waals surface area (Å²) in [4.78, 5) is 0. The molecule has 0 aromatic heterocycles. The molecule has 2 aliphatic rings. The molecular weight excluding hydrogens is 232 g/mol. The van der Waals surface area contributed by atoms with Crippen LogP contribution in [-0.2, 0) is 0 Å². The normalized spacial score (nSPS) is 36.5. The van der Waals surface area contributed by atoms with Gasteiger partial charge in [-0.2, -0.15) is 0 Å². The van der Waals surface area contributed by atoms with Crippen LogP contribution < -0.4 is 5.32 Å². The van der Waals surface area contributed by atoms with Crippen LogP contribution in [0.4, 0.5) is 8.78 Å². The van der Waals surface area contributed by atoms with Gasteiger partial charge in [0.2, 0.25) is 5.92 Å². The van der Waals surface area contributed by atoms with Gasteiger partial charge in [-0.3, -0.25) is 0 Å². The lowest BCUT2D eigenvalue weighted by Crippen LogP contribution is -2.39. The summed E-state index contributed by atoms with van der Waals surface area (Å²) in [5, 5.41) is 3.54. The SMILES string of the molecule is CCC1CCC(NCC2CCCC(F)(F)C2)CC1. The third-order valence-electron chi connectivity index (χ3n) is 4.86. The first-order chi connectivity index (χ1) is 8.59. The van der Waals surface area contributed by atoms with E-state index in [9.17, 15) is 8.78 Å². The van der Waals surface area contributed by atoms with Gasteiger partial charge in [-0.05, 0) is 56.9 Å². The zero-order valence-electron chi connectivity index (χ0n) is 11.6. The molecule has 2 fully saturated rings.